The summed E-state index contributed by atoms with van der Waals surface area (Å²) in [5.74, 6) is -0.571. The molecule has 3 rings (SSSR count). The summed E-state index contributed by atoms with van der Waals surface area (Å²) in [7, 11) is 1.73. The number of carbonyl (C=O) groups is 3. The number of thioether (sulfide) groups is 1. The molecule has 1 atom stereocenters. The van der Waals surface area contributed by atoms with Crippen LogP contribution in [0.25, 0.3) is 0 Å². The number of benzene rings is 2. The van der Waals surface area contributed by atoms with Crippen LogP contribution in [0.3, 0.4) is 0 Å². The van der Waals surface area contributed by atoms with Crippen LogP contribution in [0, 0.1) is 5.82 Å². The average molecular weight is 470 g/mol. The van der Waals surface area contributed by atoms with Gasteiger partial charge in [0.05, 0.1) is 11.7 Å². The van der Waals surface area contributed by atoms with Crippen LogP contribution < -0.4 is 10.6 Å². The Balaban J connectivity index is 1.63. The molecule has 2 N–H and O–H groups in total. The Morgan fingerprint density at radius 1 is 1.06 bits per heavy atom. The van der Waals surface area contributed by atoms with Gasteiger partial charge in [-0.3, -0.25) is 14.4 Å². The topological polar surface area (TPSA) is 106 Å². The van der Waals surface area contributed by atoms with Crippen molar-refractivity contribution in [1.82, 2.24) is 14.8 Å². The van der Waals surface area contributed by atoms with Gasteiger partial charge in [-0.05, 0) is 49.7 Å². The molecule has 0 bridgehead atoms. The second-order valence-electron chi connectivity index (χ2n) is 7.33. The minimum absolute atomic E-state index is 0.0255. The Labute approximate surface area is 195 Å². The van der Waals surface area contributed by atoms with Crippen LogP contribution in [0.4, 0.5) is 15.8 Å². The van der Waals surface area contributed by atoms with Crippen molar-refractivity contribution < 1.29 is 18.8 Å². The SMILES string of the molecule is CC[C@@H](Sc1nnc(CC(=O)Nc2ccc(F)cc2)n1C)C(=O)Nc1cccc(C(C)=O)c1. The second-order valence-corrected chi connectivity index (χ2v) is 8.50. The highest BCUT2D eigenvalue weighted by Gasteiger charge is 2.22. The number of halogens is 1. The summed E-state index contributed by atoms with van der Waals surface area (Å²) in [6, 6.07) is 12.2. The third-order valence-electron chi connectivity index (χ3n) is 4.82. The Hall–Kier alpha value is -3.53. The zero-order valence-electron chi connectivity index (χ0n) is 18.5. The number of nitrogens with zero attached hydrogens (tertiary/aromatic N) is 3. The molecule has 1 heterocycles. The molecule has 172 valence electrons. The number of ketones is 1. The van der Waals surface area contributed by atoms with Crippen LogP contribution in [0.2, 0.25) is 0 Å². The first-order valence-corrected chi connectivity index (χ1v) is 11.2. The predicted octanol–water partition coefficient (Wildman–Crippen LogP) is 3.85. The Morgan fingerprint density at radius 3 is 2.45 bits per heavy atom. The third-order valence-corrected chi connectivity index (χ3v) is 6.22. The molecule has 0 radical (unpaired) electrons. The van der Waals surface area contributed by atoms with Crippen LogP contribution in [-0.2, 0) is 23.1 Å². The third kappa shape index (κ3) is 6.48. The first-order chi connectivity index (χ1) is 15.8. The molecule has 10 heteroatoms. The minimum Gasteiger partial charge on any atom is -0.326 e. The van der Waals surface area contributed by atoms with E-state index in [0.29, 0.717) is 34.3 Å². The molecule has 2 amide bonds. The number of Topliss-reactive ketones (excluding diaryl/α,β-unsaturated/α-hetero) is 1. The fourth-order valence-corrected chi connectivity index (χ4v) is 3.91. The Morgan fingerprint density at radius 2 is 1.79 bits per heavy atom. The summed E-state index contributed by atoms with van der Waals surface area (Å²) < 4.78 is 14.7. The van der Waals surface area contributed by atoms with Gasteiger partial charge in [0.25, 0.3) is 0 Å². The first kappa shape index (κ1) is 24.1. The lowest BCUT2D eigenvalue weighted by atomic mass is 10.1. The van der Waals surface area contributed by atoms with E-state index in [9.17, 15) is 18.8 Å². The van der Waals surface area contributed by atoms with E-state index in [2.05, 4.69) is 20.8 Å². The highest BCUT2D eigenvalue weighted by atomic mass is 32.2. The van der Waals surface area contributed by atoms with Gasteiger partial charge in [0.15, 0.2) is 10.9 Å². The molecule has 2 aromatic carbocycles. The van der Waals surface area contributed by atoms with E-state index in [1.165, 1.54) is 43.0 Å². The van der Waals surface area contributed by atoms with Crippen LogP contribution in [0.15, 0.2) is 53.7 Å². The zero-order valence-corrected chi connectivity index (χ0v) is 19.3. The molecule has 0 fully saturated rings. The summed E-state index contributed by atoms with van der Waals surface area (Å²) in [5.41, 5.74) is 1.54. The number of anilines is 2. The van der Waals surface area contributed by atoms with Crippen molar-refractivity contribution in [2.75, 3.05) is 10.6 Å². The van der Waals surface area contributed by atoms with Gasteiger partial charge < -0.3 is 15.2 Å². The van der Waals surface area contributed by atoms with Gasteiger partial charge in [0.2, 0.25) is 11.8 Å². The number of carbonyl (C=O) groups excluding carboxylic acids is 3. The molecule has 0 aliphatic heterocycles. The van der Waals surface area contributed by atoms with Crippen LogP contribution in [0.1, 0.15) is 36.5 Å². The molecule has 0 spiro atoms. The molecule has 0 aliphatic rings. The Kier molecular flexibility index (Phi) is 7.94. The first-order valence-electron chi connectivity index (χ1n) is 10.3. The monoisotopic (exact) mass is 469 g/mol. The fourth-order valence-electron chi connectivity index (χ4n) is 2.97. The van der Waals surface area contributed by atoms with Gasteiger partial charge in [-0.1, -0.05) is 30.8 Å². The van der Waals surface area contributed by atoms with Crippen molar-refractivity contribution in [2.24, 2.45) is 7.05 Å². The fraction of sp³-hybridized carbons (Fsp3) is 0.261. The van der Waals surface area contributed by atoms with Gasteiger partial charge in [0, 0.05) is 24.0 Å². The van der Waals surface area contributed by atoms with Gasteiger partial charge in [-0.25, -0.2) is 4.39 Å². The highest BCUT2D eigenvalue weighted by molar-refractivity contribution is 8.00. The highest BCUT2D eigenvalue weighted by Crippen LogP contribution is 2.25. The quantitative estimate of drug-likeness (QED) is 0.364. The predicted molar refractivity (Wildman–Crippen MR) is 125 cm³/mol. The van der Waals surface area contributed by atoms with Crippen molar-refractivity contribution >= 4 is 40.7 Å². The van der Waals surface area contributed by atoms with Gasteiger partial charge in [-0.2, -0.15) is 0 Å². The number of aromatic nitrogens is 3. The van der Waals surface area contributed by atoms with Crippen molar-refractivity contribution in [3.8, 4) is 0 Å². The smallest absolute Gasteiger partial charge is 0.237 e. The minimum atomic E-state index is -0.449. The summed E-state index contributed by atoms with van der Waals surface area (Å²) in [5, 5.41) is 13.8. The summed E-state index contributed by atoms with van der Waals surface area (Å²) in [4.78, 5) is 36.7. The van der Waals surface area contributed by atoms with Gasteiger partial charge in [-0.15, -0.1) is 10.2 Å². The van der Waals surface area contributed by atoms with E-state index >= 15 is 0 Å². The van der Waals surface area contributed by atoms with Gasteiger partial charge >= 0.3 is 0 Å². The number of hydrogen-bond acceptors (Lipinski definition) is 6. The largest absolute Gasteiger partial charge is 0.326 e. The lowest BCUT2D eigenvalue weighted by molar-refractivity contribution is -0.116. The molecule has 33 heavy (non-hydrogen) atoms. The van der Waals surface area contributed by atoms with E-state index in [1.54, 1.807) is 35.9 Å². The van der Waals surface area contributed by atoms with Crippen LogP contribution in [0.5, 0.6) is 0 Å². The Bertz CT molecular complexity index is 1160. The molecule has 0 aliphatic carbocycles. The molecular weight excluding hydrogens is 445 g/mol. The van der Waals surface area contributed by atoms with E-state index in [1.807, 2.05) is 6.92 Å². The van der Waals surface area contributed by atoms with Crippen molar-refractivity contribution in [1.29, 1.82) is 0 Å². The standard InChI is InChI=1S/C23H24FN5O3S/c1-4-19(22(32)26-18-7-5-6-15(12-18)14(2)30)33-23-28-27-20(29(23)3)13-21(31)25-17-10-8-16(24)9-11-17/h5-12,19H,4,13H2,1-3H3,(H,25,31)(H,26,32)/t19-/m1/s1. The summed E-state index contributed by atoms with van der Waals surface area (Å²) in [6.45, 7) is 3.36. The summed E-state index contributed by atoms with van der Waals surface area (Å²) >= 11 is 1.24. The maximum atomic E-state index is 13.0. The maximum absolute atomic E-state index is 13.0. The molecule has 0 unspecified atom stereocenters. The van der Waals surface area contributed by atoms with E-state index in [4.69, 9.17) is 0 Å². The molecular formula is C23H24FN5O3S. The number of nitrogens with one attached hydrogen (secondary N) is 2. The summed E-state index contributed by atoms with van der Waals surface area (Å²) in [6.07, 6.45) is 0.512. The number of rotatable bonds is 9. The molecule has 3 aromatic rings. The molecule has 1 aromatic heterocycles. The number of hydrogen-bond donors (Lipinski definition) is 2. The van der Waals surface area contributed by atoms with E-state index in [0.717, 1.165) is 0 Å². The van der Waals surface area contributed by atoms with E-state index in [-0.39, 0.29) is 29.8 Å². The second kappa shape index (κ2) is 10.9. The maximum Gasteiger partial charge on any atom is 0.237 e. The normalized spacial score (nSPS) is 11.6. The zero-order chi connectivity index (χ0) is 24.0. The van der Waals surface area contributed by atoms with Gasteiger partial charge in [0.1, 0.15) is 11.6 Å². The molecule has 8 nitrogen and oxygen atoms in total. The van der Waals surface area contributed by atoms with Crippen LogP contribution >= 0.6 is 11.8 Å². The average Bonchev–Trinajstić information content (AvgIpc) is 3.12. The molecule has 0 saturated carbocycles. The lowest BCUT2D eigenvalue weighted by Crippen LogP contribution is -2.25. The van der Waals surface area contributed by atoms with Crippen LogP contribution in [-0.4, -0.2) is 37.6 Å². The molecule has 0 saturated heterocycles. The van der Waals surface area contributed by atoms with Crippen molar-refractivity contribution in [2.45, 2.75) is 37.1 Å². The lowest BCUT2D eigenvalue weighted by Gasteiger charge is -2.14. The van der Waals surface area contributed by atoms with Crippen molar-refractivity contribution in [3.63, 3.8) is 0 Å². The van der Waals surface area contributed by atoms with E-state index < -0.39 is 5.25 Å². The number of amides is 2. The van der Waals surface area contributed by atoms with Crippen molar-refractivity contribution in [3.05, 3.63) is 65.7 Å².